The van der Waals surface area contributed by atoms with Crippen LogP contribution in [0.5, 0.6) is 0 Å². The second-order valence-electron chi connectivity index (χ2n) is 5.27. The van der Waals surface area contributed by atoms with Crippen molar-refractivity contribution in [3.8, 4) is 0 Å². The number of aliphatic imine (C=N–C) groups is 1. The Hall–Kier alpha value is -1.55. The summed E-state index contributed by atoms with van der Waals surface area (Å²) in [5.74, 6) is 0.810. The fraction of sp³-hybridized carbons (Fsp3) is 0.467. The minimum atomic E-state index is -0.0502. The first-order chi connectivity index (χ1) is 9.79. The summed E-state index contributed by atoms with van der Waals surface area (Å²) in [4.78, 5) is 20.0. The summed E-state index contributed by atoms with van der Waals surface area (Å²) >= 11 is 6.24. The van der Waals surface area contributed by atoms with Gasteiger partial charge < -0.3 is 4.90 Å². The van der Waals surface area contributed by atoms with Crippen LogP contribution in [-0.4, -0.2) is 41.8 Å². The first kappa shape index (κ1) is 13.4. The molecule has 2 aliphatic rings. The smallest absolute Gasteiger partial charge is 0.216 e. The van der Waals surface area contributed by atoms with E-state index in [0.717, 1.165) is 31.0 Å². The zero-order valence-electron chi connectivity index (χ0n) is 11.3. The number of hydrogen-bond acceptors (Lipinski definition) is 3. The predicted octanol–water partition coefficient (Wildman–Crippen LogP) is 2.70. The molecule has 0 aromatic heterocycles. The van der Waals surface area contributed by atoms with Crippen LogP contribution in [0.1, 0.15) is 30.9 Å². The summed E-state index contributed by atoms with van der Waals surface area (Å²) in [6.07, 6.45) is 4.48. The van der Waals surface area contributed by atoms with Crippen LogP contribution in [0.4, 0.5) is 0 Å². The Morgan fingerprint density at radius 3 is 2.65 bits per heavy atom. The molecule has 4 nitrogen and oxygen atoms in total. The Balaban J connectivity index is 1.86. The average molecular weight is 292 g/mol. The quantitative estimate of drug-likeness (QED) is 0.786. The van der Waals surface area contributed by atoms with Gasteiger partial charge in [0.15, 0.2) is 0 Å². The van der Waals surface area contributed by atoms with Crippen molar-refractivity contribution in [2.24, 2.45) is 4.99 Å². The number of halogens is 1. The minimum Gasteiger partial charge on any atom is -0.342 e. The number of nitrogens with zero attached hydrogens (tertiary/aromatic N) is 3. The highest BCUT2D eigenvalue weighted by Gasteiger charge is 2.31. The molecule has 2 aliphatic heterocycles. The van der Waals surface area contributed by atoms with Crippen molar-refractivity contribution < 1.29 is 4.79 Å². The molecule has 1 saturated heterocycles. The van der Waals surface area contributed by atoms with Gasteiger partial charge in [-0.1, -0.05) is 29.8 Å². The number of carbonyl (C=O) groups excluding carboxylic acids is 1. The van der Waals surface area contributed by atoms with Crippen LogP contribution in [0.25, 0.3) is 0 Å². The fourth-order valence-electron chi connectivity index (χ4n) is 2.88. The molecule has 106 valence electrons. The number of rotatable bonds is 2. The number of guanidine groups is 1. The van der Waals surface area contributed by atoms with Gasteiger partial charge in [0.2, 0.25) is 12.4 Å². The Morgan fingerprint density at radius 1 is 1.20 bits per heavy atom. The summed E-state index contributed by atoms with van der Waals surface area (Å²) in [5, 5.41) is 0.715. The molecule has 1 amide bonds. The Bertz CT molecular complexity index is 526. The SMILES string of the molecule is O=CN1CC(c2ccccc2Cl)N=C1N1CCCCC1. The van der Waals surface area contributed by atoms with E-state index >= 15 is 0 Å². The molecule has 5 heteroatoms. The lowest BCUT2D eigenvalue weighted by Gasteiger charge is -2.30. The number of benzene rings is 1. The van der Waals surface area contributed by atoms with E-state index in [1.807, 2.05) is 24.3 Å². The fourth-order valence-corrected chi connectivity index (χ4v) is 3.14. The van der Waals surface area contributed by atoms with Gasteiger partial charge >= 0.3 is 0 Å². The number of amides is 1. The topological polar surface area (TPSA) is 35.9 Å². The van der Waals surface area contributed by atoms with Gasteiger partial charge in [-0.2, -0.15) is 0 Å². The summed E-state index contributed by atoms with van der Waals surface area (Å²) in [7, 11) is 0. The lowest BCUT2D eigenvalue weighted by Crippen LogP contribution is -2.43. The summed E-state index contributed by atoms with van der Waals surface area (Å²) < 4.78 is 0. The van der Waals surface area contributed by atoms with Gasteiger partial charge in [0.05, 0.1) is 12.6 Å². The Morgan fingerprint density at radius 2 is 1.95 bits per heavy atom. The van der Waals surface area contributed by atoms with Crippen molar-refractivity contribution in [2.45, 2.75) is 25.3 Å². The van der Waals surface area contributed by atoms with Crippen molar-refractivity contribution in [1.82, 2.24) is 9.80 Å². The van der Waals surface area contributed by atoms with Gasteiger partial charge in [-0.25, -0.2) is 4.99 Å². The van der Waals surface area contributed by atoms with E-state index in [1.165, 1.54) is 19.3 Å². The third kappa shape index (κ3) is 2.52. The highest BCUT2D eigenvalue weighted by Crippen LogP contribution is 2.30. The van der Waals surface area contributed by atoms with Crippen molar-refractivity contribution in [3.05, 3.63) is 34.9 Å². The van der Waals surface area contributed by atoms with Crippen LogP contribution < -0.4 is 0 Å². The molecule has 1 atom stereocenters. The third-order valence-corrected chi connectivity index (χ3v) is 4.27. The molecular formula is C15H18ClN3O. The second-order valence-corrected chi connectivity index (χ2v) is 5.68. The van der Waals surface area contributed by atoms with Crippen LogP contribution in [0.2, 0.25) is 5.02 Å². The number of carbonyl (C=O) groups is 1. The van der Waals surface area contributed by atoms with E-state index in [-0.39, 0.29) is 6.04 Å². The third-order valence-electron chi connectivity index (χ3n) is 3.93. The Kier molecular flexibility index (Phi) is 3.92. The molecule has 20 heavy (non-hydrogen) atoms. The second kappa shape index (κ2) is 5.83. The number of likely N-dealkylation sites (tertiary alicyclic amines) is 1. The van der Waals surface area contributed by atoms with Crippen LogP contribution >= 0.6 is 11.6 Å². The first-order valence-electron chi connectivity index (χ1n) is 7.08. The van der Waals surface area contributed by atoms with E-state index in [4.69, 9.17) is 16.6 Å². The lowest BCUT2D eigenvalue weighted by atomic mass is 10.1. The molecule has 1 aromatic rings. The van der Waals surface area contributed by atoms with E-state index < -0.39 is 0 Å². The van der Waals surface area contributed by atoms with Crippen molar-refractivity contribution in [1.29, 1.82) is 0 Å². The molecule has 1 fully saturated rings. The van der Waals surface area contributed by atoms with E-state index in [1.54, 1.807) is 4.90 Å². The maximum absolute atomic E-state index is 11.3. The molecule has 1 aromatic carbocycles. The summed E-state index contributed by atoms with van der Waals surface area (Å²) in [6.45, 7) is 2.55. The van der Waals surface area contributed by atoms with Crippen molar-refractivity contribution >= 4 is 24.0 Å². The van der Waals surface area contributed by atoms with Crippen LogP contribution in [0.3, 0.4) is 0 Å². The number of hydrogen-bond donors (Lipinski definition) is 0. The van der Waals surface area contributed by atoms with Gasteiger partial charge in [-0.3, -0.25) is 9.69 Å². The van der Waals surface area contributed by atoms with E-state index in [9.17, 15) is 4.79 Å². The molecule has 3 rings (SSSR count). The largest absolute Gasteiger partial charge is 0.342 e. The van der Waals surface area contributed by atoms with E-state index in [2.05, 4.69) is 4.90 Å². The number of piperidine rings is 1. The van der Waals surface area contributed by atoms with Gasteiger partial charge in [0, 0.05) is 18.1 Å². The molecule has 0 radical (unpaired) electrons. The van der Waals surface area contributed by atoms with Crippen molar-refractivity contribution in [2.75, 3.05) is 19.6 Å². The normalized spacial score (nSPS) is 22.9. The first-order valence-corrected chi connectivity index (χ1v) is 7.46. The highest BCUT2D eigenvalue weighted by atomic mass is 35.5. The van der Waals surface area contributed by atoms with Gasteiger partial charge in [0.25, 0.3) is 0 Å². The highest BCUT2D eigenvalue weighted by molar-refractivity contribution is 6.31. The lowest BCUT2D eigenvalue weighted by molar-refractivity contribution is -0.115. The zero-order valence-corrected chi connectivity index (χ0v) is 12.1. The van der Waals surface area contributed by atoms with Crippen LogP contribution in [-0.2, 0) is 4.79 Å². The molecule has 0 bridgehead atoms. The summed E-state index contributed by atoms with van der Waals surface area (Å²) in [6, 6.07) is 7.68. The van der Waals surface area contributed by atoms with Gasteiger partial charge in [-0.05, 0) is 30.9 Å². The molecule has 2 heterocycles. The minimum absolute atomic E-state index is 0.0502. The molecular weight excluding hydrogens is 274 g/mol. The predicted molar refractivity (Wildman–Crippen MR) is 79.8 cm³/mol. The van der Waals surface area contributed by atoms with Crippen LogP contribution in [0.15, 0.2) is 29.3 Å². The average Bonchev–Trinajstić information content (AvgIpc) is 2.92. The van der Waals surface area contributed by atoms with Crippen LogP contribution in [0, 0.1) is 0 Å². The maximum atomic E-state index is 11.3. The summed E-state index contributed by atoms with van der Waals surface area (Å²) in [5.41, 5.74) is 0.994. The van der Waals surface area contributed by atoms with Crippen molar-refractivity contribution in [3.63, 3.8) is 0 Å². The van der Waals surface area contributed by atoms with Gasteiger partial charge in [-0.15, -0.1) is 0 Å². The molecule has 0 saturated carbocycles. The monoisotopic (exact) mass is 291 g/mol. The Labute approximate surface area is 124 Å². The molecule has 1 unspecified atom stereocenters. The van der Waals surface area contributed by atoms with Gasteiger partial charge in [0.1, 0.15) is 0 Å². The maximum Gasteiger partial charge on any atom is 0.216 e. The standard InChI is InChI=1S/C15H18ClN3O/c16-13-7-3-2-6-12(13)14-10-19(11-20)15(17-14)18-8-4-1-5-9-18/h2-3,6-7,11,14H,1,4-5,8-10H2. The molecule has 0 N–H and O–H groups in total. The molecule has 0 aliphatic carbocycles. The molecule has 0 spiro atoms. The van der Waals surface area contributed by atoms with E-state index in [0.29, 0.717) is 11.6 Å². The zero-order chi connectivity index (χ0) is 13.9.